The molecule has 5 nitrogen and oxygen atoms in total. The van der Waals surface area contributed by atoms with E-state index in [1.165, 1.54) is 5.56 Å². The van der Waals surface area contributed by atoms with E-state index in [1.807, 2.05) is 11.8 Å². The fraction of sp³-hybridized carbons (Fsp3) is 0.533. The van der Waals surface area contributed by atoms with E-state index in [0.29, 0.717) is 24.7 Å². The zero-order valence-electron chi connectivity index (χ0n) is 12.1. The lowest BCUT2D eigenvalue weighted by Crippen LogP contribution is -2.39. The third-order valence-corrected chi connectivity index (χ3v) is 4.61. The summed E-state index contributed by atoms with van der Waals surface area (Å²) in [6, 6.07) is 2.08. The molecule has 1 saturated heterocycles. The van der Waals surface area contributed by atoms with Crippen molar-refractivity contribution in [2.75, 3.05) is 13.1 Å². The van der Waals surface area contributed by atoms with Crippen molar-refractivity contribution in [1.29, 1.82) is 0 Å². The van der Waals surface area contributed by atoms with Crippen LogP contribution in [0.4, 0.5) is 0 Å². The van der Waals surface area contributed by atoms with E-state index in [1.54, 1.807) is 11.3 Å². The summed E-state index contributed by atoms with van der Waals surface area (Å²) in [6.07, 6.45) is 3.40. The van der Waals surface area contributed by atoms with Gasteiger partial charge in [0, 0.05) is 19.5 Å². The van der Waals surface area contributed by atoms with Crippen LogP contribution in [0.3, 0.4) is 0 Å². The van der Waals surface area contributed by atoms with Crippen LogP contribution in [0, 0.1) is 6.92 Å². The van der Waals surface area contributed by atoms with Gasteiger partial charge in [-0.15, -0.1) is 0 Å². The van der Waals surface area contributed by atoms with E-state index in [-0.39, 0.29) is 11.8 Å². The number of piperidine rings is 1. The van der Waals surface area contributed by atoms with E-state index in [2.05, 4.69) is 27.0 Å². The molecule has 0 aromatic carbocycles. The minimum Gasteiger partial charge on any atom is -0.342 e. The predicted octanol–water partition coefficient (Wildman–Crippen LogP) is 2.78. The number of carbonyl (C=O) groups is 1. The van der Waals surface area contributed by atoms with Crippen LogP contribution in [0.1, 0.15) is 42.5 Å². The van der Waals surface area contributed by atoms with Gasteiger partial charge >= 0.3 is 0 Å². The maximum absolute atomic E-state index is 12.3. The number of nitrogens with zero attached hydrogens (tertiary/aromatic N) is 3. The van der Waals surface area contributed by atoms with Crippen LogP contribution in [0.25, 0.3) is 0 Å². The third-order valence-electron chi connectivity index (χ3n) is 3.87. The quantitative estimate of drug-likeness (QED) is 0.871. The van der Waals surface area contributed by atoms with E-state index in [4.69, 9.17) is 4.52 Å². The van der Waals surface area contributed by atoms with E-state index in [0.717, 1.165) is 25.8 Å². The van der Waals surface area contributed by atoms with Gasteiger partial charge in [0.25, 0.3) is 0 Å². The molecule has 0 spiro atoms. The first-order valence-corrected chi connectivity index (χ1v) is 8.25. The van der Waals surface area contributed by atoms with Gasteiger partial charge in [-0.05, 0) is 48.6 Å². The van der Waals surface area contributed by atoms with E-state index >= 15 is 0 Å². The Morgan fingerprint density at radius 1 is 1.57 bits per heavy atom. The molecule has 0 saturated carbocycles. The van der Waals surface area contributed by atoms with Crippen molar-refractivity contribution < 1.29 is 9.32 Å². The third kappa shape index (κ3) is 3.50. The Kier molecular flexibility index (Phi) is 4.34. The lowest BCUT2D eigenvalue weighted by Gasteiger charge is -2.31. The molecule has 2 aromatic rings. The fourth-order valence-electron chi connectivity index (χ4n) is 2.73. The number of likely N-dealkylation sites (tertiary alicyclic amines) is 1. The molecule has 0 aliphatic carbocycles. The highest BCUT2D eigenvalue weighted by Crippen LogP contribution is 2.26. The Labute approximate surface area is 128 Å². The van der Waals surface area contributed by atoms with Gasteiger partial charge in [-0.3, -0.25) is 4.79 Å². The Balaban J connectivity index is 1.56. The molecule has 3 heterocycles. The van der Waals surface area contributed by atoms with Gasteiger partial charge in [-0.25, -0.2) is 0 Å². The molecule has 2 aromatic heterocycles. The average molecular weight is 305 g/mol. The fourth-order valence-corrected chi connectivity index (χ4v) is 3.43. The molecule has 1 aliphatic rings. The zero-order valence-corrected chi connectivity index (χ0v) is 12.9. The zero-order chi connectivity index (χ0) is 14.7. The molecular weight excluding hydrogens is 286 g/mol. The Morgan fingerprint density at radius 3 is 3.19 bits per heavy atom. The molecule has 0 bridgehead atoms. The van der Waals surface area contributed by atoms with Crippen LogP contribution in [-0.4, -0.2) is 34.0 Å². The monoisotopic (exact) mass is 305 g/mol. The average Bonchev–Trinajstić information content (AvgIpc) is 3.16. The van der Waals surface area contributed by atoms with Gasteiger partial charge in [0.15, 0.2) is 5.82 Å². The van der Waals surface area contributed by atoms with Crippen LogP contribution in [0.15, 0.2) is 21.3 Å². The SMILES string of the molecule is Cc1noc([C@@H]2CCCN(C(=O)CCc3ccsc3)C2)n1. The van der Waals surface area contributed by atoms with Crippen LogP contribution in [-0.2, 0) is 11.2 Å². The summed E-state index contributed by atoms with van der Waals surface area (Å²) < 4.78 is 5.25. The number of aryl methyl sites for hydroxylation is 2. The van der Waals surface area contributed by atoms with Crippen molar-refractivity contribution in [1.82, 2.24) is 15.0 Å². The molecule has 3 rings (SSSR count). The Morgan fingerprint density at radius 2 is 2.48 bits per heavy atom. The van der Waals surface area contributed by atoms with Gasteiger partial charge in [0.1, 0.15) is 0 Å². The Bertz CT molecular complexity index is 594. The summed E-state index contributed by atoms with van der Waals surface area (Å²) >= 11 is 1.67. The van der Waals surface area contributed by atoms with Crippen LogP contribution >= 0.6 is 11.3 Å². The first-order chi connectivity index (χ1) is 10.2. The number of amides is 1. The van der Waals surface area contributed by atoms with Crippen LogP contribution < -0.4 is 0 Å². The lowest BCUT2D eigenvalue weighted by atomic mass is 9.97. The molecule has 112 valence electrons. The summed E-state index contributed by atoms with van der Waals surface area (Å²) in [4.78, 5) is 18.6. The maximum Gasteiger partial charge on any atom is 0.231 e. The van der Waals surface area contributed by atoms with Crippen molar-refractivity contribution in [2.45, 2.75) is 38.5 Å². The topological polar surface area (TPSA) is 59.2 Å². The van der Waals surface area contributed by atoms with E-state index < -0.39 is 0 Å². The maximum atomic E-state index is 12.3. The molecular formula is C15H19N3O2S. The molecule has 0 radical (unpaired) electrons. The van der Waals surface area contributed by atoms with Crippen molar-refractivity contribution in [3.05, 3.63) is 34.1 Å². The van der Waals surface area contributed by atoms with Crippen molar-refractivity contribution >= 4 is 17.2 Å². The van der Waals surface area contributed by atoms with Crippen LogP contribution in [0.5, 0.6) is 0 Å². The molecule has 1 aliphatic heterocycles. The second-order valence-corrected chi connectivity index (χ2v) is 6.27. The van der Waals surface area contributed by atoms with Crippen molar-refractivity contribution in [2.24, 2.45) is 0 Å². The standard InChI is InChI=1S/C15H19N3O2S/c1-11-16-15(20-17-11)13-3-2-7-18(9-13)14(19)5-4-12-6-8-21-10-12/h6,8,10,13H,2-5,7,9H2,1H3/t13-/m1/s1. The number of aromatic nitrogens is 2. The largest absolute Gasteiger partial charge is 0.342 e. The highest BCUT2D eigenvalue weighted by molar-refractivity contribution is 7.07. The van der Waals surface area contributed by atoms with Gasteiger partial charge in [0.05, 0.1) is 5.92 Å². The van der Waals surface area contributed by atoms with Gasteiger partial charge in [-0.1, -0.05) is 5.16 Å². The van der Waals surface area contributed by atoms with Gasteiger partial charge < -0.3 is 9.42 Å². The Hall–Kier alpha value is -1.69. The molecule has 0 N–H and O–H groups in total. The molecule has 1 atom stereocenters. The minimum atomic E-state index is 0.185. The summed E-state index contributed by atoms with van der Waals surface area (Å²) in [7, 11) is 0. The second-order valence-electron chi connectivity index (χ2n) is 5.49. The molecule has 1 fully saturated rings. The highest BCUT2D eigenvalue weighted by Gasteiger charge is 2.27. The predicted molar refractivity (Wildman–Crippen MR) is 80.2 cm³/mol. The van der Waals surface area contributed by atoms with E-state index in [9.17, 15) is 4.79 Å². The first-order valence-electron chi connectivity index (χ1n) is 7.31. The molecule has 21 heavy (non-hydrogen) atoms. The summed E-state index contributed by atoms with van der Waals surface area (Å²) in [6.45, 7) is 3.36. The summed E-state index contributed by atoms with van der Waals surface area (Å²) in [5, 5.41) is 8.00. The summed E-state index contributed by atoms with van der Waals surface area (Å²) in [5.41, 5.74) is 1.24. The van der Waals surface area contributed by atoms with Crippen molar-refractivity contribution in [3.8, 4) is 0 Å². The van der Waals surface area contributed by atoms with Crippen LogP contribution in [0.2, 0.25) is 0 Å². The van der Waals surface area contributed by atoms with Crippen molar-refractivity contribution in [3.63, 3.8) is 0 Å². The number of rotatable bonds is 4. The first kappa shape index (κ1) is 14.3. The van der Waals surface area contributed by atoms with Gasteiger partial charge in [0.2, 0.25) is 11.8 Å². The highest BCUT2D eigenvalue weighted by atomic mass is 32.1. The smallest absolute Gasteiger partial charge is 0.231 e. The lowest BCUT2D eigenvalue weighted by molar-refractivity contribution is -0.132. The molecule has 1 amide bonds. The summed E-state index contributed by atoms with van der Waals surface area (Å²) in [5.74, 6) is 1.74. The number of hydrogen-bond donors (Lipinski definition) is 0. The number of thiophene rings is 1. The molecule has 0 unspecified atom stereocenters. The normalized spacial score (nSPS) is 18.9. The number of hydrogen-bond acceptors (Lipinski definition) is 5. The molecule has 6 heteroatoms. The second kappa shape index (κ2) is 6.39. The minimum absolute atomic E-state index is 0.185. The van der Waals surface area contributed by atoms with Gasteiger partial charge in [-0.2, -0.15) is 16.3 Å². The number of carbonyl (C=O) groups excluding carboxylic acids is 1.